The highest BCUT2D eigenvalue weighted by Crippen LogP contribution is 2.24. The minimum atomic E-state index is -1.11. The molecule has 1 saturated heterocycles. The van der Waals surface area contributed by atoms with Crippen LogP contribution in [-0.2, 0) is 9.59 Å². The number of carbonyl (C=O) groups is 2. The van der Waals surface area contributed by atoms with E-state index in [1.807, 2.05) is 0 Å². The van der Waals surface area contributed by atoms with Crippen LogP contribution in [0.3, 0.4) is 0 Å². The zero-order valence-electron chi connectivity index (χ0n) is 11.6. The first-order valence-electron chi connectivity index (χ1n) is 7.05. The van der Waals surface area contributed by atoms with Gasteiger partial charge in [-0.2, -0.15) is 0 Å². The molecule has 6 heteroatoms. The van der Waals surface area contributed by atoms with Crippen molar-refractivity contribution in [3.63, 3.8) is 0 Å². The third-order valence-electron chi connectivity index (χ3n) is 3.70. The molecule has 1 aliphatic rings. The van der Waals surface area contributed by atoms with Crippen LogP contribution in [0, 0.1) is 5.92 Å². The summed E-state index contributed by atoms with van der Waals surface area (Å²) in [5, 5.41) is 15.5. The molecule has 1 heterocycles. The molecule has 114 valence electrons. The highest BCUT2D eigenvalue weighted by atomic mass is 35.5. The maximum absolute atomic E-state index is 12.1. The number of piperidine rings is 1. The van der Waals surface area contributed by atoms with Gasteiger partial charge in [0.25, 0.3) is 0 Å². The summed E-state index contributed by atoms with van der Waals surface area (Å²) in [5.74, 6) is -1.04. The average molecular weight is 311 g/mol. The average Bonchev–Trinajstić information content (AvgIpc) is 2.46. The van der Waals surface area contributed by atoms with Gasteiger partial charge in [-0.05, 0) is 37.9 Å². The van der Waals surface area contributed by atoms with E-state index in [0.29, 0.717) is 22.9 Å². The lowest BCUT2D eigenvalue weighted by Gasteiger charge is -2.23. The number of benzene rings is 1. The van der Waals surface area contributed by atoms with Crippen LogP contribution in [0.25, 0.3) is 0 Å². The summed E-state index contributed by atoms with van der Waals surface area (Å²) < 4.78 is 0. The lowest BCUT2D eigenvalue weighted by molar-refractivity contribution is -0.142. The van der Waals surface area contributed by atoms with Gasteiger partial charge < -0.3 is 15.7 Å². The fourth-order valence-corrected chi connectivity index (χ4v) is 2.79. The second-order valence-electron chi connectivity index (χ2n) is 5.26. The highest BCUT2D eigenvalue weighted by molar-refractivity contribution is 6.31. The van der Waals surface area contributed by atoms with Gasteiger partial charge in [-0.1, -0.05) is 29.8 Å². The van der Waals surface area contributed by atoms with Gasteiger partial charge in [-0.15, -0.1) is 0 Å². The normalized spacial score (nSPS) is 17.2. The number of carboxylic acids is 1. The molecule has 0 aliphatic carbocycles. The molecule has 0 radical (unpaired) electrons. The number of hydrogen-bond acceptors (Lipinski definition) is 3. The van der Waals surface area contributed by atoms with Crippen molar-refractivity contribution in [1.29, 1.82) is 0 Å². The van der Waals surface area contributed by atoms with Crippen molar-refractivity contribution in [2.45, 2.75) is 25.3 Å². The van der Waals surface area contributed by atoms with E-state index in [0.717, 1.165) is 25.9 Å². The summed E-state index contributed by atoms with van der Waals surface area (Å²) in [7, 11) is 0. The molecule has 1 atom stereocenters. The van der Waals surface area contributed by atoms with Gasteiger partial charge in [0.2, 0.25) is 5.91 Å². The Kier molecular flexibility index (Phi) is 5.59. The third-order valence-corrected chi connectivity index (χ3v) is 4.05. The predicted octanol–water partition coefficient (Wildman–Crippen LogP) is 1.97. The molecule has 0 bridgehead atoms. The second-order valence-corrected chi connectivity index (χ2v) is 5.66. The third kappa shape index (κ3) is 4.44. The van der Waals surface area contributed by atoms with Crippen LogP contribution in [0.5, 0.6) is 0 Å². The number of halogens is 1. The quantitative estimate of drug-likeness (QED) is 0.777. The Bertz CT molecular complexity index is 515. The predicted molar refractivity (Wildman–Crippen MR) is 80.2 cm³/mol. The van der Waals surface area contributed by atoms with Crippen molar-refractivity contribution in [2.75, 3.05) is 13.1 Å². The monoisotopic (exact) mass is 310 g/mol. The summed E-state index contributed by atoms with van der Waals surface area (Å²) in [6, 6.07) is 5.56. The van der Waals surface area contributed by atoms with Crippen LogP contribution in [0.1, 0.15) is 30.9 Å². The summed E-state index contributed by atoms with van der Waals surface area (Å²) >= 11 is 6.02. The van der Waals surface area contributed by atoms with Gasteiger partial charge in [0.15, 0.2) is 6.04 Å². The minimum Gasteiger partial charge on any atom is -0.479 e. The molecule has 0 unspecified atom stereocenters. The van der Waals surface area contributed by atoms with E-state index in [2.05, 4.69) is 10.6 Å². The smallest absolute Gasteiger partial charge is 0.330 e. The molecule has 2 rings (SSSR count). The Morgan fingerprint density at radius 2 is 2.00 bits per heavy atom. The van der Waals surface area contributed by atoms with Gasteiger partial charge >= 0.3 is 5.97 Å². The standard InChI is InChI=1S/C15H19ClN2O3/c16-12-4-2-1-3-11(12)14(15(20)21)18-13(19)9-10-5-7-17-8-6-10/h1-4,10,14,17H,5-9H2,(H,18,19)(H,20,21)/t14-/m1/s1. The molecule has 1 aromatic carbocycles. The van der Waals surface area contributed by atoms with Crippen molar-refractivity contribution in [3.05, 3.63) is 34.9 Å². The molecule has 5 nitrogen and oxygen atoms in total. The van der Waals surface area contributed by atoms with E-state index < -0.39 is 12.0 Å². The van der Waals surface area contributed by atoms with Crippen molar-refractivity contribution in [1.82, 2.24) is 10.6 Å². The first-order valence-corrected chi connectivity index (χ1v) is 7.43. The van der Waals surface area contributed by atoms with Crippen LogP contribution < -0.4 is 10.6 Å². The fourth-order valence-electron chi connectivity index (χ4n) is 2.55. The van der Waals surface area contributed by atoms with Crippen molar-refractivity contribution < 1.29 is 14.7 Å². The van der Waals surface area contributed by atoms with Crippen LogP contribution in [0.2, 0.25) is 5.02 Å². The van der Waals surface area contributed by atoms with E-state index in [9.17, 15) is 14.7 Å². The molecule has 0 spiro atoms. The molecule has 0 aromatic heterocycles. The van der Waals surface area contributed by atoms with Crippen molar-refractivity contribution in [3.8, 4) is 0 Å². The van der Waals surface area contributed by atoms with Gasteiger partial charge in [0.1, 0.15) is 0 Å². The lowest BCUT2D eigenvalue weighted by Crippen LogP contribution is -2.36. The number of carboxylic acid groups (broad SMARTS) is 1. The Hall–Kier alpha value is -1.59. The molecule has 1 amide bonds. The molecular weight excluding hydrogens is 292 g/mol. The number of nitrogens with one attached hydrogen (secondary N) is 2. The van der Waals surface area contributed by atoms with E-state index in [1.165, 1.54) is 0 Å². The fraction of sp³-hybridized carbons (Fsp3) is 0.467. The van der Waals surface area contributed by atoms with Gasteiger partial charge in [-0.25, -0.2) is 4.79 Å². The largest absolute Gasteiger partial charge is 0.479 e. The van der Waals surface area contributed by atoms with Crippen LogP contribution in [0.4, 0.5) is 0 Å². The van der Waals surface area contributed by atoms with Gasteiger partial charge in [0, 0.05) is 17.0 Å². The van der Waals surface area contributed by atoms with Crippen LogP contribution >= 0.6 is 11.6 Å². The number of hydrogen-bond donors (Lipinski definition) is 3. The zero-order chi connectivity index (χ0) is 15.2. The van der Waals surface area contributed by atoms with Crippen LogP contribution in [0.15, 0.2) is 24.3 Å². The number of aliphatic carboxylic acids is 1. The molecular formula is C15H19ClN2O3. The molecule has 3 N–H and O–H groups in total. The Labute approximate surface area is 128 Å². The Morgan fingerprint density at radius 1 is 1.33 bits per heavy atom. The van der Waals surface area contributed by atoms with Crippen molar-refractivity contribution in [2.24, 2.45) is 5.92 Å². The molecule has 1 aromatic rings. The Morgan fingerprint density at radius 3 is 2.62 bits per heavy atom. The lowest BCUT2D eigenvalue weighted by atomic mass is 9.94. The molecule has 0 saturated carbocycles. The topological polar surface area (TPSA) is 78.4 Å². The molecule has 21 heavy (non-hydrogen) atoms. The van der Waals surface area contributed by atoms with Crippen molar-refractivity contribution >= 4 is 23.5 Å². The number of rotatable bonds is 5. The van der Waals surface area contributed by atoms with Gasteiger partial charge in [-0.3, -0.25) is 4.79 Å². The van der Waals surface area contributed by atoms with E-state index in [1.54, 1.807) is 24.3 Å². The first kappa shape index (κ1) is 15.8. The molecule has 1 fully saturated rings. The van der Waals surface area contributed by atoms with Gasteiger partial charge in [0.05, 0.1) is 0 Å². The SMILES string of the molecule is O=C(CC1CCNCC1)N[C@@H](C(=O)O)c1ccccc1Cl. The maximum Gasteiger partial charge on any atom is 0.330 e. The summed E-state index contributed by atoms with van der Waals surface area (Å²) in [6.45, 7) is 1.82. The minimum absolute atomic E-state index is 0.241. The number of carbonyl (C=O) groups excluding carboxylic acids is 1. The Balaban J connectivity index is 2.01. The molecule has 1 aliphatic heterocycles. The van der Waals surface area contributed by atoms with Crippen LogP contribution in [-0.4, -0.2) is 30.1 Å². The van der Waals surface area contributed by atoms with E-state index in [4.69, 9.17) is 11.6 Å². The summed E-state index contributed by atoms with van der Waals surface area (Å²) in [6.07, 6.45) is 2.24. The van der Waals surface area contributed by atoms with E-state index >= 15 is 0 Å². The zero-order valence-corrected chi connectivity index (χ0v) is 12.4. The first-order chi connectivity index (χ1) is 10.1. The highest BCUT2D eigenvalue weighted by Gasteiger charge is 2.25. The maximum atomic E-state index is 12.1. The second kappa shape index (κ2) is 7.43. The van der Waals surface area contributed by atoms with E-state index in [-0.39, 0.29) is 5.91 Å². The summed E-state index contributed by atoms with van der Waals surface area (Å²) in [4.78, 5) is 23.5. The summed E-state index contributed by atoms with van der Waals surface area (Å²) in [5.41, 5.74) is 0.408. The number of amides is 1.